The van der Waals surface area contributed by atoms with E-state index in [0.717, 1.165) is 6.42 Å². The summed E-state index contributed by atoms with van der Waals surface area (Å²) in [5.41, 5.74) is 0.360. The van der Waals surface area contributed by atoms with Crippen LogP contribution in [0, 0.1) is 11.3 Å². The number of ether oxygens (including phenoxy) is 1. The molecule has 3 rings (SSSR count). The van der Waals surface area contributed by atoms with Crippen LogP contribution in [-0.2, 0) is 14.3 Å². The van der Waals surface area contributed by atoms with Gasteiger partial charge in [-0.2, -0.15) is 0 Å². The maximum Gasteiger partial charge on any atom is 0.313 e. The second-order valence-electron chi connectivity index (χ2n) is 6.80. The lowest BCUT2D eigenvalue weighted by Crippen LogP contribution is -2.40. The largest absolute Gasteiger partial charge is 0.481 e. The fraction of sp³-hybridized carbons (Fsp3) is 0.556. The Balaban J connectivity index is 1.55. The number of nitrogens with zero attached hydrogens (tertiary/aromatic N) is 1. The Labute approximate surface area is 136 Å². The van der Waals surface area contributed by atoms with E-state index in [1.54, 1.807) is 4.90 Å². The molecule has 1 aliphatic carbocycles. The molecule has 0 radical (unpaired) electrons. The smallest absolute Gasteiger partial charge is 0.313 e. The van der Waals surface area contributed by atoms with Crippen LogP contribution < -0.4 is 0 Å². The zero-order valence-corrected chi connectivity index (χ0v) is 13.4. The van der Waals surface area contributed by atoms with E-state index in [0.29, 0.717) is 31.2 Å². The van der Waals surface area contributed by atoms with Crippen LogP contribution in [-0.4, -0.2) is 48.7 Å². The molecule has 0 spiro atoms. The van der Waals surface area contributed by atoms with Gasteiger partial charge in [-0.15, -0.1) is 0 Å². The van der Waals surface area contributed by atoms with Crippen LogP contribution >= 0.6 is 0 Å². The van der Waals surface area contributed by atoms with Crippen molar-refractivity contribution in [3.05, 3.63) is 35.9 Å². The number of rotatable bonds is 6. The molecule has 23 heavy (non-hydrogen) atoms. The van der Waals surface area contributed by atoms with Crippen molar-refractivity contribution in [3.8, 4) is 0 Å². The van der Waals surface area contributed by atoms with Crippen molar-refractivity contribution >= 4 is 11.9 Å². The average Bonchev–Trinajstić information content (AvgIpc) is 3.16. The molecular formula is C18H23NO4. The third-order valence-corrected chi connectivity index (χ3v) is 5.17. The first-order valence-corrected chi connectivity index (χ1v) is 8.11. The van der Waals surface area contributed by atoms with Gasteiger partial charge >= 0.3 is 5.97 Å². The molecule has 1 aromatic rings. The van der Waals surface area contributed by atoms with Gasteiger partial charge in [-0.1, -0.05) is 30.3 Å². The number of amides is 1. The van der Waals surface area contributed by atoms with E-state index in [1.807, 2.05) is 18.2 Å². The van der Waals surface area contributed by atoms with Crippen molar-refractivity contribution in [2.75, 3.05) is 26.8 Å². The third-order valence-electron chi connectivity index (χ3n) is 5.17. The minimum atomic E-state index is -0.938. The van der Waals surface area contributed by atoms with Crippen molar-refractivity contribution in [3.63, 3.8) is 0 Å². The number of carbonyl (C=O) groups is 2. The van der Waals surface area contributed by atoms with Gasteiger partial charge < -0.3 is 14.7 Å². The zero-order chi connectivity index (χ0) is 16.4. The summed E-state index contributed by atoms with van der Waals surface area (Å²) < 4.78 is 5.07. The Hall–Kier alpha value is -1.88. The van der Waals surface area contributed by atoms with Gasteiger partial charge in [0.15, 0.2) is 0 Å². The topological polar surface area (TPSA) is 66.8 Å². The van der Waals surface area contributed by atoms with Crippen molar-refractivity contribution in [1.82, 2.24) is 4.90 Å². The first kappa shape index (κ1) is 16.0. The van der Waals surface area contributed by atoms with E-state index >= 15 is 0 Å². The predicted molar refractivity (Wildman–Crippen MR) is 85.0 cm³/mol. The number of benzene rings is 1. The van der Waals surface area contributed by atoms with E-state index in [1.165, 1.54) is 12.7 Å². The van der Waals surface area contributed by atoms with Crippen molar-refractivity contribution in [2.45, 2.75) is 25.2 Å². The van der Waals surface area contributed by atoms with Gasteiger partial charge in [0.25, 0.3) is 0 Å². The minimum absolute atomic E-state index is 0.0765. The van der Waals surface area contributed by atoms with Crippen LogP contribution in [0.15, 0.2) is 30.3 Å². The molecule has 1 heterocycles. The summed E-state index contributed by atoms with van der Waals surface area (Å²) >= 11 is 0. The summed E-state index contributed by atoms with van der Waals surface area (Å²) in [6.45, 7) is 0.928. The van der Waals surface area contributed by atoms with Crippen molar-refractivity contribution < 1.29 is 19.4 Å². The van der Waals surface area contributed by atoms with E-state index in [4.69, 9.17) is 4.74 Å². The fourth-order valence-electron chi connectivity index (χ4n) is 3.65. The van der Waals surface area contributed by atoms with Gasteiger partial charge in [0, 0.05) is 26.6 Å². The zero-order valence-electron chi connectivity index (χ0n) is 13.4. The van der Waals surface area contributed by atoms with Crippen LogP contribution in [0.1, 0.15) is 30.7 Å². The normalized spacial score (nSPS) is 29.5. The van der Waals surface area contributed by atoms with Crippen molar-refractivity contribution in [2.24, 2.45) is 11.3 Å². The Bertz CT molecular complexity index is 588. The van der Waals surface area contributed by atoms with E-state index in [-0.39, 0.29) is 19.1 Å². The van der Waals surface area contributed by atoms with Gasteiger partial charge in [0.2, 0.25) is 5.91 Å². The molecule has 1 amide bonds. The highest BCUT2D eigenvalue weighted by Crippen LogP contribution is 2.50. The molecule has 2 aliphatic rings. The molecule has 3 atom stereocenters. The molecule has 0 bridgehead atoms. The average molecular weight is 317 g/mol. The molecule has 2 fully saturated rings. The van der Waals surface area contributed by atoms with Gasteiger partial charge in [-0.05, 0) is 30.2 Å². The van der Waals surface area contributed by atoms with Crippen LogP contribution in [0.2, 0.25) is 0 Å². The highest BCUT2D eigenvalue weighted by atomic mass is 16.5. The molecule has 124 valence electrons. The molecule has 1 saturated heterocycles. The lowest BCUT2D eigenvalue weighted by molar-refractivity contribution is -0.151. The first-order valence-electron chi connectivity index (χ1n) is 8.11. The van der Waals surface area contributed by atoms with Gasteiger partial charge in [-0.3, -0.25) is 9.59 Å². The molecule has 5 nitrogen and oxygen atoms in total. The highest BCUT2D eigenvalue weighted by Gasteiger charge is 2.48. The number of likely N-dealkylation sites (tertiary alicyclic amines) is 1. The summed E-state index contributed by atoms with van der Waals surface area (Å²) in [5.74, 6) is 0.0778. The van der Waals surface area contributed by atoms with Crippen LogP contribution in [0.25, 0.3) is 0 Å². The van der Waals surface area contributed by atoms with Gasteiger partial charge in [-0.25, -0.2) is 0 Å². The molecule has 0 aromatic heterocycles. The lowest BCUT2D eigenvalue weighted by Gasteiger charge is -2.23. The number of methoxy groups -OCH3 is 1. The maximum absolute atomic E-state index is 12.5. The molecule has 1 aliphatic heterocycles. The predicted octanol–water partition coefficient (Wildman–Crippen LogP) is 2.13. The van der Waals surface area contributed by atoms with Crippen LogP contribution in [0.4, 0.5) is 0 Å². The van der Waals surface area contributed by atoms with Crippen molar-refractivity contribution in [1.29, 1.82) is 0 Å². The van der Waals surface area contributed by atoms with E-state index < -0.39 is 11.4 Å². The standard InChI is InChI=1S/C18H23NO4/c1-23-12-18(17(21)22)7-8-19(11-18)16(20)10-14-9-15(14)13-5-3-2-4-6-13/h2-6,14-15H,7-12H2,1H3,(H,21,22)/t14-,15-,18?/m0/s1. The SMILES string of the molecule is COCC1(C(=O)O)CCN(C(=O)C[C@@H]2C[C@H]2c2ccccc2)C1. The summed E-state index contributed by atoms with van der Waals surface area (Å²) in [5, 5.41) is 9.46. The molecule has 1 aromatic carbocycles. The molecule has 1 N–H and O–H groups in total. The maximum atomic E-state index is 12.5. The van der Waals surface area contributed by atoms with E-state index in [2.05, 4.69) is 12.1 Å². The second kappa shape index (κ2) is 6.32. The third kappa shape index (κ3) is 3.24. The first-order chi connectivity index (χ1) is 11.1. The lowest BCUT2D eigenvalue weighted by atomic mass is 9.88. The number of aliphatic carboxylic acids is 1. The summed E-state index contributed by atoms with van der Waals surface area (Å²) in [6, 6.07) is 10.3. The fourth-order valence-corrected chi connectivity index (χ4v) is 3.65. The summed E-state index contributed by atoms with van der Waals surface area (Å²) in [6.07, 6.45) is 2.03. The number of carboxylic acids is 1. The number of carboxylic acid groups (broad SMARTS) is 1. The highest BCUT2D eigenvalue weighted by molar-refractivity contribution is 5.81. The molecule has 1 unspecified atom stereocenters. The molecule has 5 heteroatoms. The number of hydrogen-bond donors (Lipinski definition) is 1. The Morgan fingerprint density at radius 2 is 2.09 bits per heavy atom. The Morgan fingerprint density at radius 3 is 2.74 bits per heavy atom. The van der Waals surface area contributed by atoms with E-state index in [9.17, 15) is 14.7 Å². The number of carbonyl (C=O) groups excluding carboxylic acids is 1. The van der Waals surface area contributed by atoms with Crippen LogP contribution in [0.5, 0.6) is 0 Å². The second-order valence-corrected chi connectivity index (χ2v) is 6.80. The summed E-state index contributed by atoms with van der Waals surface area (Å²) in [4.78, 5) is 25.7. The Morgan fingerprint density at radius 1 is 1.35 bits per heavy atom. The summed E-state index contributed by atoms with van der Waals surface area (Å²) in [7, 11) is 1.50. The molecule has 1 saturated carbocycles. The molecular weight excluding hydrogens is 294 g/mol. The number of hydrogen-bond acceptors (Lipinski definition) is 3. The van der Waals surface area contributed by atoms with Gasteiger partial charge in [0.05, 0.1) is 6.61 Å². The Kier molecular flexibility index (Phi) is 4.39. The van der Waals surface area contributed by atoms with Crippen LogP contribution in [0.3, 0.4) is 0 Å². The monoisotopic (exact) mass is 317 g/mol. The minimum Gasteiger partial charge on any atom is -0.481 e. The quantitative estimate of drug-likeness (QED) is 0.873. The van der Waals surface area contributed by atoms with Gasteiger partial charge in [0.1, 0.15) is 5.41 Å².